The molecule has 0 amide bonds. The van der Waals surface area contributed by atoms with Crippen LogP contribution in [0.5, 0.6) is 5.75 Å². The van der Waals surface area contributed by atoms with E-state index in [0.717, 1.165) is 11.1 Å². The molecule has 0 aliphatic carbocycles. The maximum Gasteiger partial charge on any atom is 0.175 e. The van der Waals surface area contributed by atoms with Crippen molar-refractivity contribution in [2.75, 3.05) is 7.05 Å². The number of fused-ring (bicyclic) bond motifs is 1. The third-order valence-corrected chi connectivity index (χ3v) is 1.93. The Kier molecular flexibility index (Phi) is 1.94. The van der Waals surface area contributed by atoms with E-state index in [4.69, 9.17) is 4.42 Å². The van der Waals surface area contributed by atoms with Crippen LogP contribution in [-0.2, 0) is 6.54 Å². The van der Waals surface area contributed by atoms with Gasteiger partial charge in [0.1, 0.15) is 5.76 Å². The Morgan fingerprint density at radius 1 is 1.46 bits per heavy atom. The second kappa shape index (κ2) is 3.11. The summed E-state index contributed by atoms with van der Waals surface area (Å²) < 4.78 is 5.43. The second-order valence-corrected chi connectivity index (χ2v) is 2.94. The minimum atomic E-state index is 0.194. The Bertz CT molecular complexity index is 420. The monoisotopic (exact) mass is 177 g/mol. The van der Waals surface area contributed by atoms with Gasteiger partial charge in [-0.05, 0) is 19.2 Å². The van der Waals surface area contributed by atoms with Crippen LogP contribution in [0.4, 0.5) is 0 Å². The summed E-state index contributed by atoms with van der Waals surface area (Å²) in [5.41, 5.74) is 0.563. The minimum Gasteiger partial charge on any atom is -0.504 e. The first-order chi connectivity index (χ1) is 6.31. The minimum absolute atomic E-state index is 0.194. The molecule has 1 heterocycles. The van der Waals surface area contributed by atoms with Crippen LogP contribution in [0.15, 0.2) is 28.7 Å². The molecule has 0 fully saturated rings. The van der Waals surface area contributed by atoms with E-state index in [2.05, 4.69) is 5.32 Å². The van der Waals surface area contributed by atoms with E-state index < -0.39 is 0 Å². The molecule has 3 heteroatoms. The van der Waals surface area contributed by atoms with Crippen molar-refractivity contribution in [3.63, 3.8) is 0 Å². The molecule has 1 aromatic carbocycles. The van der Waals surface area contributed by atoms with E-state index >= 15 is 0 Å². The molecule has 0 aliphatic heterocycles. The van der Waals surface area contributed by atoms with Gasteiger partial charge in [0.05, 0.1) is 6.54 Å². The molecule has 3 nitrogen and oxygen atoms in total. The topological polar surface area (TPSA) is 45.4 Å². The zero-order valence-electron chi connectivity index (χ0n) is 7.37. The number of hydrogen-bond donors (Lipinski definition) is 2. The molecule has 0 saturated carbocycles. The fraction of sp³-hybridized carbons (Fsp3) is 0.200. The Hall–Kier alpha value is -1.48. The van der Waals surface area contributed by atoms with Gasteiger partial charge in [0.2, 0.25) is 0 Å². The molecule has 0 atom stereocenters. The smallest absolute Gasteiger partial charge is 0.175 e. The number of aromatic hydroxyl groups is 1. The summed E-state index contributed by atoms with van der Waals surface area (Å²) in [6, 6.07) is 7.26. The largest absolute Gasteiger partial charge is 0.504 e. The number of hydrogen-bond acceptors (Lipinski definition) is 3. The highest BCUT2D eigenvalue weighted by Gasteiger charge is 2.05. The lowest BCUT2D eigenvalue weighted by Gasteiger charge is -1.92. The van der Waals surface area contributed by atoms with Gasteiger partial charge in [-0.25, -0.2) is 0 Å². The summed E-state index contributed by atoms with van der Waals surface area (Å²) >= 11 is 0. The summed E-state index contributed by atoms with van der Waals surface area (Å²) in [5, 5.41) is 13.4. The summed E-state index contributed by atoms with van der Waals surface area (Å²) in [7, 11) is 1.85. The van der Waals surface area contributed by atoms with E-state index in [9.17, 15) is 5.11 Å². The Morgan fingerprint density at radius 3 is 3.00 bits per heavy atom. The van der Waals surface area contributed by atoms with Gasteiger partial charge in [0.25, 0.3) is 0 Å². The molecule has 0 bridgehead atoms. The fourth-order valence-electron chi connectivity index (χ4n) is 1.36. The molecule has 0 unspecified atom stereocenters. The van der Waals surface area contributed by atoms with Gasteiger partial charge in [-0.3, -0.25) is 0 Å². The molecule has 2 aromatic rings. The van der Waals surface area contributed by atoms with Crippen molar-refractivity contribution < 1.29 is 9.52 Å². The Morgan fingerprint density at radius 2 is 2.31 bits per heavy atom. The SMILES string of the molecule is CNCc1cc2cccc(O)c2o1. The molecule has 0 spiro atoms. The fourth-order valence-corrected chi connectivity index (χ4v) is 1.36. The van der Waals surface area contributed by atoms with E-state index in [1.165, 1.54) is 0 Å². The van der Waals surface area contributed by atoms with E-state index in [-0.39, 0.29) is 5.75 Å². The van der Waals surface area contributed by atoms with E-state index in [0.29, 0.717) is 12.1 Å². The highest BCUT2D eigenvalue weighted by atomic mass is 16.4. The van der Waals surface area contributed by atoms with Crippen molar-refractivity contribution in [3.05, 3.63) is 30.0 Å². The highest BCUT2D eigenvalue weighted by Crippen LogP contribution is 2.27. The number of phenolic OH excluding ortho intramolecular Hbond substituents is 1. The van der Waals surface area contributed by atoms with Gasteiger partial charge < -0.3 is 14.8 Å². The van der Waals surface area contributed by atoms with Crippen molar-refractivity contribution in [3.8, 4) is 5.75 Å². The number of para-hydroxylation sites is 1. The third kappa shape index (κ3) is 1.38. The van der Waals surface area contributed by atoms with E-state index in [1.54, 1.807) is 12.1 Å². The zero-order chi connectivity index (χ0) is 9.26. The van der Waals surface area contributed by atoms with Crippen LogP contribution in [0.3, 0.4) is 0 Å². The van der Waals surface area contributed by atoms with Gasteiger partial charge >= 0.3 is 0 Å². The predicted molar refractivity (Wildman–Crippen MR) is 50.6 cm³/mol. The van der Waals surface area contributed by atoms with Gasteiger partial charge in [0.15, 0.2) is 11.3 Å². The predicted octanol–water partition coefficient (Wildman–Crippen LogP) is 1.86. The van der Waals surface area contributed by atoms with Crippen molar-refractivity contribution in [1.29, 1.82) is 0 Å². The average Bonchev–Trinajstić information content (AvgIpc) is 2.49. The van der Waals surface area contributed by atoms with Crippen LogP contribution < -0.4 is 5.32 Å². The molecule has 0 aliphatic rings. The Labute approximate surface area is 76.0 Å². The van der Waals surface area contributed by atoms with Crippen molar-refractivity contribution in [2.45, 2.75) is 6.54 Å². The first kappa shape index (κ1) is 8.13. The van der Waals surface area contributed by atoms with Crippen LogP contribution in [-0.4, -0.2) is 12.2 Å². The van der Waals surface area contributed by atoms with Gasteiger partial charge in [0, 0.05) is 5.39 Å². The normalized spacial score (nSPS) is 10.8. The lowest BCUT2D eigenvalue weighted by molar-refractivity contribution is 0.455. The molecule has 68 valence electrons. The van der Waals surface area contributed by atoms with Crippen molar-refractivity contribution in [2.24, 2.45) is 0 Å². The van der Waals surface area contributed by atoms with Gasteiger partial charge in [-0.15, -0.1) is 0 Å². The number of phenols is 1. The van der Waals surface area contributed by atoms with Gasteiger partial charge in [-0.2, -0.15) is 0 Å². The first-order valence-electron chi connectivity index (χ1n) is 4.16. The maximum atomic E-state index is 9.44. The van der Waals surface area contributed by atoms with Crippen LogP contribution in [0, 0.1) is 0 Å². The second-order valence-electron chi connectivity index (χ2n) is 2.94. The molecule has 2 rings (SSSR count). The highest BCUT2D eigenvalue weighted by molar-refractivity contribution is 5.83. The van der Waals surface area contributed by atoms with Gasteiger partial charge in [-0.1, -0.05) is 12.1 Å². The van der Waals surface area contributed by atoms with Crippen LogP contribution in [0.1, 0.15) is 5.76 Å². The molecule has 2 N–H and O–H groups in total. The summed E-state index contributed by atoms with van der Waals surface area (Å²) in [5.74, 6) is 1.03. The molecule has 13 heavy (non-hydrogen) atoms. The van der Waals surface area contributed by atoms with E-state index in [1.807, 2.05) is 19.2 Å². The molecular weight excluding hydrogens is 166 g/mol. The van der Waals surface area contributed by atoms with Crippen LogP contribution in [0.25, 0.3) is 11.0 Å². The molecule has 1 aromatic heterocycles. The first-order valence-corrected chi connectivity index (χ1v) is 4.16. The standard InChI is InChI=1S/C10H11NO2/c1-11-6-8-5-7-3-2-4-9(12)10(7)13-8/h2-5,11-12H,6H2,1H3. The van der Waals surface area contributed by atoms with Crippen LogP contribution >= 0.6 is 0 Å². The quantitative estimate of drug-likeness (QED) is 0.735. The maximum absolute atomic E-state index is 9.44. The Balaban J connectivity index is 2.55. The summed E-state index contributed by atoms with van der Waals surface area (Å²) in [6.45, 7) is 0.675. The molecule has 0 saturated heterocycles. The summed E-state index contributed by atoms with van der Waals surface area (Å²) in [6.07, 6.45) is 0. The lowest BCUT2D eigenvalue weighted by atomic mass is 10.2. The lowest BCUT2D eigenvalue weighted by Crippen LogP contribution is -2.03. The summed E-state index contributed by atoms with van der Waals surface area (Å²) in [4.78, 5) is 0. The third-order valence-electron chi connectivity index (χ3n) is 1.93. The van der Waals surface area contributed by atoms with Crippen LogP contribution in [0.2, 0.25) is 0 Å². The number of nitrogens with one attached hydrogen (secondary N) is 1. The molecule has 0 radical (unpaired) electrons. The number of furan rings is 1. The number of benzene rings is 1. The van der Waals surface area contributed by atoms with Crippen molar-refractivity contribution in [1.82, 2.24) is 5.32 Å². The molecular formula is C10H11NO2. The number of rotatable bonds is 2. The average molecular weight is 177 g/mol. The zero-order valence-corrected chi connectivity index (χ0v) is 7.37. The van der Waals surface area contributed by atoms with Crippen molar-refractivity contribution >= 4 is 11.0 Å².